The molecule has 0 aromatic heterocycles. The van der Waals surface area contributed by atoms with E-state index >= 15 is 0 Å². The van der Waals surface area contributed by atoms with Crippen LogP contribution >= 0.6 is 0 Å². The van der Waals surface area contributed by atoms with Crippen LogP contribution in [0.1, 0.15) is 53.4 Å². The quantitative estimate of drug-likeness (QED) is 0.685. The van der Waals surface area contributed by atoms with Crippen molar-refractivity contribution in [3.05, 3.63) is 0 Å². The number of piperidine rings is 1. The van der Waals surface area contributed by atoms with Crippen LogP contribution in [-0.4, -0.2) is 35.4 Å². The van der Waals surface area contributed by atoms with Gasteiger partial charge in [-0.25, -0.2) is 0 Å². The Bertz CT molecular complexity index is 202. The van der Waals surface area contributed by atoms with E-state index in [1.54, 1.807) is 0 Å². The normalized spacial score (nSPS) is 26.4. The third-order valence-electron chi connectivity index (χ3n) is 3.35. The van der Waals surface area contributed by atoms with Crippen molar-refractivity contribution in [1.29, 1.82) is 0 Å². The van der Waals surface area contributed by atoms with Gasteiger partial charge in [-0.15, -0.1) is 0 Å². The first-order valence-corrected chi connectivity index (χ1v) is 6.52. The highest BCUT2D eigenvalue weighted by atomic mass is 16.3. The summed E-state index contributed by atoms with van der Waals surface area (Å²) in [5.74, 6) is 0. The summed E-state index contributed by atoms with van der Waals surface area (Å²) in [5.41, 5.74) is -0.450. The molecule has 3 heteroatoms. The van der Waals surface area contributed by atoms with Crippen molar-refractivity contribution >= 4 is 0 Å². The van der Waals surface area contributed by atoms with Crippen LogP contribution in [0.5, 0.6) is 0 Å². The van der Waals surface area contributed by atoms with Gasteiger partial charge in [0.05, 0.1) is 5.60 Å². The van der Waals surface area contributed by atoms with Gasteiger partial charge >= 0.3 is 0 Å². The van der Waals surface area contributed by atoms with E-state index < -0.39 is 5.60 Å². The van der Waals surface area contributed by atoms with E-state index in [0.717, 1.165) is 25.9 Å². The number of hydrogen-bond acceptors (Lipinski definition) is 3. The van der Waals surface area contributed by atoms with Crippen LogP contribution in [0.4, 0.5) is 0 Å². The molecule has 1 heterocycles. The van der Waals surface area contributed by atoms with Crippen molar-refractivity contribution in [1.82, 2.24) is 10.6 Å². The summed E-state index contributed by atoms with van der Waals surface area (Å²) in [6.07, 6.45) is 4.39. The van der Waals surface area contributed by atoms with Gasteiger partial charge in [-0.1, -0.05) is 6.42 Å². The minimum absolute atomic E-state index is 0.135. The highest BCUT2D eigenvalue weighted by Crippen LogP contribution is 2.22. The van der Waals surface area contributed by atoms with Gasteiger partial charge in [-0.05, 0) is 60.0 Å². The Morgan fingerprint density at radius 3 is 2.44 bits per heavy atom. The van der Waals surface area contributed by atoms with Gasteiger partial charge in [0.2, 0.25) is 0 Å². The lowest BCUT2D eigenvalue weighted by molar-refractivity contribution is 0.00176. The van der Waals surface area contributed by atoms with Gasteiger partial charge in [0.25, 0.3) is 0 Å². The summed E-state index contributed by atoms with van der Waals surface area (Å²) in [4.78, 5) is 0. The second kappa shape index (κ2) is 5.48. The van der Waals surface area contributed by atoms with E-state index in [2.05, 4.69) is 31.4 Å². The molecule has 0 bridgehead atoms. The van der Waals surface area contributed by atoms with Crippen molar-refractivity contribution in [2.45, 2.75) is 70.6 Å². The maximum atomic E-state index is 10.4. The molecular weight excluding hydrogens is 200 g/mol. The molecule has 0 aromatic carbocycles. The van der Waals surface area contributed by atoms with Gasteiger partial charge in [-0.3, -0.25) is 0 Å². The Balaban J connectivity index is 2.32. The average Bonchev–Trinajstić information content (AvgIpc) is 2.17. The summed E-state index contributed by atoms with van der Waals surface area (Å²) in [5, 5.41) is 17.3. The van der Waals surface area contributed by atoms with E-state index in [1.807, 2.05) is 6.92 Å². The average molecular weight is 228 g/mol. The summed E-state index contributed by atoms with van der Waals surface area (Å²) >= 11 is 0. The predicted octanol–water partition coefficient (Wildman–Crippen LogP) is 1.66. The van der Waals surface area contributed by atoms with Gasteiger partial charge in [-0.2, -0.15) is 0 Å². The molecule has 16 heavy (non-hydrogen) atoms. The van der Waals surface area contributed by atoms with Crippen LogP contribution in [0, 0.1) is 0 Å². The maximum absolute atomic E-state index is 10.4. The van der Waals surface area contributed by atoms with Crippen molar-refractivity contribution in [3.8, 4) is 0 Å². The molecule has 0 aliphatic carbocycles. The Morgan fingerprint density at radius 2 is 1.94 bits per heavy atom. The van der Waals surface area contributed by atoms with E-state index in [4.69, 9.17) is 0 Å². The maximum Gasteiger partial charge on any atom is 0.0784 e. The lowest BCUT2D eigenvalue weighted by Crippen LogP contribution is -2.52. The number of rotatable bonds is 4. The largest absolute Gasteiger partial charge is 0.389 e. The molecule has 0 saturated carbocycles. The molecule has 1 aliphatic heterocycles. The molecular formula is C13H28N2O. The zero-order chi connectivity index (χ0) is 12.2. The van der Waals surface area contributed by atoms with Crippen LogP contribution in [-0.2, 0) is 0 Å². The molecule has 3 nitrogen and oxygen atoms in total. The predicted molar refractivity (Wildman–Crippen MR) is 68.6 cm³/mol. The molecule has 1 saturated heterocycles. The van der Waals surface area contributed by atoms with Crippen LogP contribution in [0.15, 0.2) is 0 Å². The number of aliphatic hydroxyl groups is 1. The molecule has 96 valence electrons. The van der Waals surface area contributed by atoms with Crippen LogP contribution in [0.3, 0.4) is 0 Å². The number of hydrogen-bond donors (Lipinski definition) is 3. The molecule has 0 radical (unpaired) electrons. The first kappa shape index (κ1) is 13.9. The van der Waals surface area contributed by atoms with Gasteiger partial charge in [0, 0.05) is 11.6 Å². The molecule has 3 N–H and O–H groups in total. The lowest BCUT2D eigenvalue weighted by atomic mass is 9.86. The molecule has 1 rings (SSSR count). The van der Waals surface area contributed by atoms with E-state index in [-0.39, 0.29) is 11.6 Å². The summed E-state index contributed by atoms with van der Waals surface area (Å²) < 4.78 is 0. The van der Waals surface area contributed by atoms with Crippen molar-refractivity contribution in [2.24, 2.45) is 0 Å². The first-order chi connectivity index (χ1) is 7.31. The number of nitrogens with one attached hydrogen (secondary N) is 2. The molecule has 0 spiro atoms. The van der Waals surface area contributed by atoms with E-state index in [9.17, 15) is 5.11 Å². The van der Waals surface area contributed by atoms with Crippen LogP contribution < -0.4 is 10.6 Å². The highest BCUT2D eigenvalue weighted by molar-refractivity contribution is 4.90. The van der Waals surface area contributed by atoms with E-state index in [1.165, 1.54) is 12.8 Å². The van der Waals surface area contributed by atoms with Gasteiger partial charge in [0.1, 0.15) is 0 Å². The SMILES string of the molecule is CC(C)(C)NCCC(C)(O)C1CCCCN1. The van der Waals surface area contributed by atoms with Gasteiger partial charge < -0.3 is 15.7 Å². The minimum atomic E-state index is -0.585. The lowest BCUT2D eigenvalue weighted by Gasteiger charge is -2.37. The van der Waals surface area contributed by atoms with Crippen molar-refractivity contribution in [3.63, 3.8) is 0 Å². The molecule has 2 unspecified atom stereocenters. The fourth-order valence-corrected chi connectivity index (χ4v) is 2.25. The molecule has 0 aromatic rings. The van der Waals surface area contributed by atoms with Crippen LogP contribution in [0.25, 0.3) is 0 Å². The topological polar surface area (TPSA) is 44.3 Å². The van der Waals surface area contributed by atoms with Crippen molar-refractivity contribution in [2.75, 3.05) is 13.1 Å². The fourth-order valence-electron chi connectivity index (χ4n) is 2.25. The molecule has 1 aliphatic rings. The third kappa shape index (κ3) is 4.81. The van der Waals surface area contributed by atoms with Gasteiger partial charge in [0.15, 0.2) is 0 Å². The highest BCUT2D eigenvalue weighted by Gasteiger charge is 2.32. The second-order valence-corrected chi connectivity index (χ2v) is 6.29. The standard InChI is InChI=1S/C13H28N2O/c1-12(2,3)15-10-8-13(4,16)11-7-5-6-9-14-11/h11,14-16H,5-10H2,1-4H3. The second-order valence-electron chi connectivity index (χ2n) is 6.29. The first-order valence-electron chi connectivity index (χ1n) is 6.52. The van der Waals surface area contributed by atoms with Crippen LogP contribution in [0.2, 0.25) is 0 Å². The summed E-state index contributed by atoms with van der Waals surface area (Å²) in [6.45, 7) is 10.3. The van der Waals surface area contributed by atoms with Crippen molar-refractivity contribution < 1.29 is 5.11 Å². The Morgan fingerprint density at radius 1 is 1.25 bits per heavy atom. The molecule has 0 amide bonds. The summed E-state index contributed by atoms with van der Waals surface area (Å²) in [7, 11) is 0. The Kier molecular flexibility index (Phi) is 4.77. The monoisotopic (exact) mass is 228 g/mol. The minimum Gasteiger partial charge on any atom is -0.389 e. The molecule has 1 fully saturated rings. The zero-order valence-corrected chi connectivity index (χ0v) is 11.3. The molecule has 2 atom stereocenters. The summed E-state index contributed by atoms with van der Waals surface area (Å²) in [6, 6.07) is 0.267. The Labute approximate surface area is 100 Å². The smallest absolute Gasteiger partial charge is 0.0784 e. The Hall–Kier alpha value is -0.120. The fraction of sp³-hybridized carbons (Fsp3) is 1.00. The third-order valence-corrected chi connectivity index (χ3v) is 3.35. The zero-order valence-electron chi connectivity index (χ0n) is 11.3. The van der Waals surface area contributed by atoms with E-state index in [0.29, 0.717) is 0 Å².